The van der Waals surface area contributed by atoms with Crippen LogP contribution < -0.4 is 5.48 Å². The van der Waals surface area contributed by atoms with Crippen LogP contribution in [0.3, 0.4) is 0 Å². The number of hydrogen-bond acceptors (Lipinski definition) is 2. The molecule has 2 heteroatoms. The van der Waals surface area contributed by atoms with Gasteiger partial charge in [0.25, 0.3) is 0 Å². The van der Waals surface area contributed by atoms with Crippen molar-refractivity contribution < 1.29 is 4.84 Å². The average molecular weight is 215 g/mol. The summed E-state index contributed by atoms with van der Waals surface area (Å²) >= 11 is 0. The summed E-state index contributed by atoms with van der Waals surface area (Å²) in [5, 5.41) is 0. The maximum absolute atomic E-state index is 5.27. The lowest BCUT2D eigenvalue weighted by Gasteiger charge is -2.05. The molecular weight excluding hydrogens is 186 g/mol. The van der Waals surface area contributed by atoms with Gasteiger partial charge >= 0.3 is 0 Å². The van der Waals surface area contributed by atoms with Crippen LogP contribution in [0.2, 0.25) is 0 Å². The minimum absolute atomic E-state index is 0.865. The lowest BCUT2D eigenvalue weighted by atomic mass is 10.0. The van der Waals surface area contributed by atoms with E-state index in [1.807, 2.05) is 0 Å². The van der Waals surface area contributed by atoms with Crippen LogP contribution in [0, 0.1) is 5.92 Å². The molecule has 0 aromatic carbocycles. The van der Waals surface area contributed by atoms with E-state index in [9.17, 15) is 0 Å². The van der Waals surface area contributed by atoms with Gasteiger partial charge < -0.3 is 4.84 Å². The molecule has 0 aromatic heterocycles. The summed E-state index contributed by atoms with van der Waals surface area (Å²) < 4.78 is 0. The van der Waals surface area contributed by atoms with E-state index in [0.29, 0.717) is 0 Å². The first kappa shape index (κ1) is 14.9. The van der Waals surface area contributed by atoms with E-state index in [0.717, 1.165) is 25.5 Å². The van der Waals surface area contributed by atoms with Gasteiger partial charge in [0.1, 0.15) is 0 Å². The van der Waals surface area contributed by atoms with E-state index >= 15 is 0 Å². The Bertz CT molecular complexity index is 115. The molecule has 0 radical (unpaired) electrons. The predicted molar refractivity (Wildman–Crippen MR) is 66.8 cm³/mol. The first-order chi connectivity index (χ1) is 7.27. The van der Waals surface area contributed by atoms with Crippen LogP contribution in [-0.2, 0) is 4.84 Å². The number of rotatable bonds is 11. The van der Waals surface area contributed by atoms with Crippen LogP contribution in [0.5, 0.6) is 0 Å². The van der Waals surface area contributed by atoms with Crippen molar-refractivity contribution in [1.29, 1.82) is 0 Å². The minimum Gasteiger partial charge on any atom is -0.302 e. The summed E-state index contributed by atoms with van der Waals surface area (Å²) in [5.41, 5.74) is 2.95. The standard InChI is InChI=1S/C13H29NO/c1-4-11-14-15-12-9-7-5-6-8-10-13(2)3/h13-14H,4-12H2,1-3H3. The molecule has 0 saturated carbocycles. The fourth-order valence-corrected chi connectivity index (χ4v) is 1.50. The molecule has 0 unspecified atom stereocenters. The van der Waals surface area contributed by atoms with Crippen molar-refractivity contribution in [3.63, 3.8) is 0 Å². The predicted octanol–water partition coefficient (Wildman–Crippen LogP) is 3.91. The second-order valence-electron chi connectivity index (χ2n) is 4.69. The van der Waals surface area contributed by atoms with Crippen molar-refractivity contribution in [2.45, 2.75) is 65.7 Å². The Labute approximate surface area is 95.7 Å². The molecule has 0 aliphatic carbocycles. The lowest BCUT2D eigenvalue weighted by Crippen LogP contribution is -2.15. The number of hydrogen-bond donors (Lipinski definition) is 1. The molecule has 2 nitrogen and oxygen atoms in total. The van der Waals surface area contributed by atoms with Gasteiger partial charge in [-0.05, 0) is 18.8 Å². The van der Waals surface area contributed by atoms with Crippen LogP contribution >= 0.6 is 0 Å². The molecule has 0 heterocycles. The summed E-state index contributed by atoms with van der Waals surface area (Å²) in [5.74, 6) is 0.867. The van der Waals surface area contributed by atoms with Gasteiger partial charge in [-0.3, -0.25) is 0 Å². The monoisotopic (exact) mass is 215 g/mol. The minimum atomic E-state index is 0.865. The van der Waals surface area contributed by atoms with E-state index in [1.165, 1.54) is 38.5 Å². The van der Waals surface area contributed by atoms with Crippen LogP contribution in [0.1, 0.15) is 65.7 Å². The summed E-state index contributed by atoms with van der Waals surface area (Å²) in [6.45, 7) is 8.57. The fourth-order valence-electron chi connectivity index (χ4n) is 1.50. The second kappa shape index (κ2) is 12.0. The molecule has 0 spiro atoms. The molecule has 15 heavy (non-hydrogen) atoms. The van der Waals surface area contributed by atoms with Crippen molar-refractivity contribution in [3.05, 3.63) is 0 Å². The van der Waals surface area contributed by atoms with E-state index in [1.54, 1.807) is 0 Å². The van der Waals surface area contributed by atoms with Gasteiger partial charge in [-0.2, -0.15) is 0 Å². The number of unbranched alkanes of at least 4 members (excludes halogenated alkanes) is 4. The maximum Gasteiger partial charge on any atom is 0.0682 e. The highest BCUT2D eigenvalue weighted by Crippen LogP contribution is 2.10. The van der Waals surface area contributed by atoms with E-state index in [2.05, 4.69) is 26.3 Å². The summed E-state index contributed by atoms with van der Waals surface area (Å²) in [7, 11) is 0. The number of hydroxylamine groups is 1. The molecule has 1 N–H and O–H groups in total. The smallest absolute Gasteiger partial charge is 0.0682 e. The highest BCUT2D eigenvalue weighted by atomic mass is 16.6. The Balaban J connectivity index is 2.87. The molecule has 0 amide bonds. The van der Waals surface area contributed by atoms with Gasteiger partial charge in [0, 0.05) is 6.54 Å². The van der Waals surface area contributed by atoms with Crippen molar-refractivity contribution in [1.82, 2.24) is 5.48 Å². The van der Waals surface area contributed by atoms with Crippen molar-refractivity contribution in [3.8, 4) is 0 Å². The maximum atomic E-state index is 5.27. The van der Waals surface area contributed by atoms with Crippen LogP contribution in [0.15, 0.2) is 0 Å². The normalized spacial score (nSPS) is 11.2. The molecule has 0 aromatic rings. The molecular formula is C13H29NO. The summed E-state index contributed by atoms with van der Waals surface area (Å²) in [6.07, 6.45) is 9.17. The first-order valence-electron chi connectivity index (χ1n) is 6.62. The van der Waals surface area contributed by atoms with Crippen molar-refractivity contribution >= 4 is 0 Å². The lowest BCUT2D eigenvalue weighted by molar-refractivity contribution is 0.0387. The second-order valence-corrected chi connectivity index (χ2v) is 4.69. The third-order valence-corrected chi connectivity index (χ3v) is 2.48. The van der Waals surface area contributed by atoms with Gasteiger partial charge in [0.15, 0.2) is 0 Å². The number of nitrogens with one attached hydrogen (secondary N) is 1. The Morgan fingerprint density at radius 3 is 2.33 bits per heavy atom. The Morgan fingerprint density at radius 2 is 1.67 bits per heavy atom. The van der Waals surface area contributed by atoms with Gasteiger partial charge in [0.05, 0.1) is 6.61 Å². The topological polar surface area (TPSA) is 21.3 Å². The Kier molecular flexibility index (Phi) is 11.9. The van der Waals surface area contributed by atoms with Gasteiger partial charge in [-0.1, -0.05) is 52.9 Å². The van der Waals surface area contributed by atoms with E-state index < -0.39 is 0 Å². The fraction of sp³-hybridized carbons (Fsp3) is 1.00. The average Bonchev–Trinajstić information content (AvgIpc) is 2.20. The van der Waals surface area contributed by atoms with Gasteiger partial charge in [-0.25, -0.2) is 5.48 Å². The highest BCUT2D eigenvalue weighted by Gasteiger charge is 1.94. The summed E-state index contributed by atoms with van der Waals surface area (Å²) in [4.78, 5) is 5.27. The zero-order chi connectivity index (χ0) is 11.4. The molecule has 0 atom stereocenters. The zero-order valence-electron chi connectivity index (χ0n) is 10.8. The van der Waals surface area contributed by atoms with Gasteiger partial charge in [-0.15, -0.1) is 0 Å². The first-order valence-corrected chi connectivity index (χ1v) is 6.62. The SMILES string of the molecule is CCCNOCCCCCCCC(C)C. The third-order valence-electron chi connectivity index (χ3n) is 2.48. The molecule has 0 saturated heterocycles. The molecule has 0 aliphatic rings. The highest BCUT2D eigenvalue weighted by molar-refractivity contribution is 4.48. The Morgan fingerprint density at radius 1 is 1.00 bits per heavy atom. The quantitative estimate of drug-likeness (QED) is 0.417. The third kappa shape index (κ3) is 13.9. The Hall–Kier alpha value is -0.0800. The van der Waals surface area contributed by atoms with Crippen LogP contribution in [-0.4, -0.2) is 13.2 Å². The van der Waals surface area contributed by atoms with Gasteiger partial charge in [0.2, 0.25) is 0 Å². The molecule has 0 aliphatic heterocycles. The molecule has 0 fully saturated rings. The summed E-state index contributed by atoms with van der Waals surface area (Å²) in [6, 6.07) is 0. The molecule has 92 valence electrons. The molecule has 0 rings (SSSR count). The van der Waals surface area contributed by atoms with E-state index in [-0.39, 0.29) is 0 Å². The van der Waals surface area contributed by atoms with Crippen LogP contribution in [0.25, 0.3) is 0 Å². The molecule has 0 bridgehead atoms. The van der Waals surface area contributed by atoms with Crippen molar-refractivity contribution in [2.24, 2.45) is 5.92 Å². The van der Waals surface area contributed by atoms with E-state index in [4.69, 9.17) is 4.84 Å². The largest absolute Gasteiger partial charge is 0.302 e. The van der Waals surface area contributed by atoms with Crippen molar-refractivity contribution in [2.75, 3.05) is 13.2 Å². The van der Waals surface area contributed by atoms with Crippen LogP contribution in [0.4, 0.5) is 0 Å². The zero-order valence-corrected chi connectivity index (χ0v) is 10.8.